The van der Waals surface area contributed by atoms with Gasteiger partial charge >= 0.3 is 0 Å². The minimum Gasteiger partial charge on any atom is -0.353 e. The summed E-state index contributed by atoms with van der Waals surface area (Å²) >= 11 is 1.41. The molecule has 1 heterocycles. The Morgan fingerprint density at radius 1 is 1.03 bits per heavy atom. The number of rotatable bonds is 8. The van der Waals surface area contributed by atoms with E-state index in [1.54, 1.807) is 12.3 Å². The molecule has 1 fully saturated rings. The van der Waals surface area contributed by atoms with E-state index in [0.29, 0.717) is 23.9 Å². The molecule has 2 amide bonds. The van der Waals surface area contributed by atoms with Gasteiger partial charge in [-0.05, 0) is 36.6 Å². The van der Waals surface area contributed by atoms with Crippen LogP contribution >= 0.6 is 11.8 Å². The highest BCUT2D eigenvalue weighted by Gasteiger charge is 2.17. The third-order valence-electron chi connectivity index (χ3n) is 5.59. The molecular weight excluding hydrogens is 420 g/mol. The summed E-state index contributed by atoms with van der Waals surface area (Å²) in [6.07, 6.45) is 9.36. The van der Waals surface area contributed by atoms with Crippen molar-refractivity contribution in [2.45, 2.75) is 49.8 Å². The van der Waals surface area contributed by atoms with E-state index in [4.69, 9.17) is 0 Å². The SMILES string of the molecule is O=C(CSc1nccn1-c1cccc(C(=O)NCc2ccccc2)c1)NC1CCCCC1. The topological polar surface area (TPSA) is 76.0 Å². The number of aromatic nitrogens is 2. The molecule has 0 spiro atoms. The lowest BCUT2D eigenvalue weighted by molar-refractivity contribution is -0.119. The van der Waals surface area contributed by atoms with E-state index in [2.05, 4.69) is 15.6 Å². The molecule has 1 saturated carbocycles. The van der Waals surface area contributed by atoms with Crippen LogP contribution in [0.25, 0.3) is 5.69 Å². The second-order valence-electron chi connectivity index (χ2n) is 7.99. The average molecular weight is 449 g/mol. The Balaban J connectivity index is 1.36. The zero-order valence-electron chi connectivity index (χ0n) is 18.0. The molecule has 1 aromatic heterocycles. The first-order valence-corrected chi connectivity index (χ1v) is 12.1. The highest BCUT2D eigenvalue weighted by atomic mass is 32.2. The number of hydrogen-bond acceptors (Lipinski definition) is 4. The van der Waals surface area contributed by atoms with Crippen LogP contribution in [0.3, 0.4) is 0 Å². The Morgan fingerprint density at radius 2 is 1.84 bits per heavy atom. The van der Waals surface area contributed by atoms with Gasteiger partial charge in [0.1, 0.15) is 0 Å². The molecule has 0 bridgehead atoms. The van der Waals surface area contributed by atoms with Gasteiger partial charge in [-0.3, -0.25) is 14.2 Å². The van der Waals surface area contributed by atoms with Crippen LogP contribution in [0.5, 0.6) is 0 Å². The number of amides is 2. The van der Waals surface area contributed by atoms with Crippen molar-refractivity contribution in [2.75, 3.05) is 5.75 Å². The van der Waals surface area contributed by atoms with Crippen molar-refractivity contribution >= 4 is 23.6 Å². The summed E-state index contributed by atoms with van der Waals surface area (Å²) < 4.78 is 1.91. The fourth-order valence-corrected chi connectivity index (χ4v) is 4.70. The normalized spacial score (nSPS) is 14.1. The summed E-state index contributed by atoms with van der Waals surface area (Å²) in [5.74, 6) is 0.243. The lowest BCUT2D eigenvalue weighted by Gasteiger charge is -2.22. The van der Waals surface area contributed by atoms with Crippen LogP contribution in [0.15, 0.2) is 72.1 Å². The molecule has 1 aliphatic carbocycles. The molecule has 0 saturated heterocycles. The van der Waals surface area contributed by atoms with Crippen LogP contribution in [-0.4, -0.2) is 33.2 Å². The van der Waals surface area contributed by atoms with Crippen LogP contribution in [0.2, 0.25) is 0 Å². The quantitative estimate of drug-likeness (QED) is 0.503. The molecule has 0 aliphatic heterocycles. The summed E-state index contributed by atoms with van der Waals surface area (Å²) in [7, 11) is 0. The maximum atomic E-state index is 12.6. The van der Waals surface area contributed by atoms with Crippen molar-refractivity contribution in [3.8, 4) is 5.69 Å². The number of carbonyl (C=O) groups is 2. The number of hydrogen-bond donors (Lipinski definition) is 2. The highest BCUT2D eigenvalue weighted by molar-refractivity contribution is 7.99. The van der Waals surface area contributed by atoms with Crippen molar-refractivity contribution in [2.24, 2.45) is 0 Å². The number of nitrogens with one attached hydrogen (secondary N) is 2. The van der Waals surface area contributed by atoms with E-state index in [1.165, 1.54) is 31.0 Å². The van der Waals surface area contributed by atoms with E-state index in [-0.39, 0.29) is 11.8 Å². The van der Waals surface area contributed by atoms with Gasteiger partial charge in [-0.25, -0.2) is 4.98 Å². The fraction of sp³-hybridized carbons (Fsp3) is 0.320. The molecule has 4 rings (SSSR count). The maximum absolute atomic E-state index is 12.6. The van der Waals surface area contributed by atoms with E-state index in [0.717, 1.165) is 29.2 Å². The van der Waals surface area contributed by atoms with E-state index < -0.39 is 0 Å². The molecule has 3 aromatic rings. The summed E-state index contributed by atoms with van der Waals surface area (Å²) in [6.45, 7) is 0.478. The van der Waals surface area contributed by atoms with Gasteiger partial charge in [0.15, 0.2) is 5.16 Å². The second kappa shape index (κ2) is 11.0. The largest absolute Gasteiger partial charge is 0.353 e. The molecule has 32 heavy (non-hydrogen) atoms. The van der Waals surface area contributed by atoms with Gasteiger partial charge in [-0.15, -0.1) is 0 Å². The Bertz CT molecular complexity index is 1040. The molecule has 0 atom stereocenters. The number of imidazole rings is 1. The zero-order chi connectivity index (χ0) is 22.2. The Labute approximate surface area is 192 Å². The van der Waals surface area contributed by atoms with Crippen molar-refractivity contribution in [3.63, 3.8) is 0 Å². The van der Waals surface area contributed by atoms with Crippen LogP contribution in [0.1, 0.15) is 48.0 Å². The first kappa shape index (κ1) is 22.1. The van der Waals surface area contributed by atoms with Crippen LogP contribution in [0.4, 0.5) is 0 Å². The summed E-state index contributed by atoms with van der Waals surface area (Å²) in [5.41, 5.74) is 2.47. The maximum Gasteiger partial charge on any atom is 0.251 e. The van der Waals surface area contributed by atoms with Crippen LogP contribution in [-0.2, 0) is 11.3 Å². The molecule has 1 aliphatic rings. The van der Waals surface area contributed by atoms with Gasteiger partial charge in [0.2, 0.25) is 5.91 Å². The van der Waals surface area contributed by atoms with Crippen molar-refractivity contribution in [1.29, 1.82) is 0 Å². The average Bonchev–Trinajstić information content (AvgIpc) is 3.31. The zero-order valence-corrected chi connectivity index (χ0v) is 18.8. The first-order valence-electron chi connectivity index (χ1n) is 11.1. The van der Waals surface area contributed by atoms with Crippen molar-refractivity contribution in [1.82, 2.24) is 20.2 Å². The standard InChI is InChI=1S/C25H28N4O2S/c30-23(28-21-11-5-2-6-12-21)18-32-25-26-14-15-29(25)22-13-7-10-20(16-22)24(31)27-17-19-8-3-1-4-9-19/h1,3-4,7-10,13-16,21H,2,5-6,11-12,17-18H2,(H,27,31)(H,28,30). The van der Waals surface area contributed by atoms with Gasteiger partial charge in [0, 0.05) is 36.2 Å². The molecule has 7 heteroatoms. The summed E-state index contributed by atoms with van der Waals surface area (Å²) in [5, 5.41) is 6.83. The van der Waals surface area contributed by atoms with Crippen molar-refractivity contribution in [3.05, 3.63) is 78.1 Å². The molecule has 2 N–H and O–H groups in total. The van der Waals surface area contributed by atoms with E-state index in [1.807, 2.05) is 59.3 Å². The van der Waals surface area contributed by atoms with Gasteiger partial charge in [-0.2, -0.15) is 0 Å². The number of nitrogens with zero attached hydrogens (tertiary/aromatic N) is 2. The molecule has 166 valence electrons. The van der Waals surface area contributed by atoms with E-state index >= 15 is 0 Å². The number of benzene rings is 2. The third-order valence-corrected chi connectivity index (χ3v) is 6.56. The van der Waals surface area contributed by atoms with Crippen LogP contribution in [0, 0.1) is 0 Å². The Kier molecular flexibility index (Phi) is 7.61. The van der Waals surface area contributed by atoms with Gasteiger partial charge in [0.25, 0.3) is 5.91 Å². The molecule has 0 radical (unpaired) electrons. The molecule has 6 nitrogen and oxygen atoms in total. The molecule has 2 aromatic carbocycles. The Morgan fingerprint density at radius 3 is 2.66 bits per heavy atom. The third kappa shape index (κ3) is 6.01. The smallest absolute Gasteiger partial charge is 0.251 e. The Hall–Kier alpha value is -3.06. The van der Waals surface area contributed by atoms with E-state index in [9.17, 15) is 9.59 Å². The van der Waals surface area contributed by atoms with Crippen LogP contribution < -0.4 is 10.6 Å². The predicted octanol–water partition coefficient (Wildman–Crippen LogP) is 4.34. The lowest BCUT2D eigenvalue weighted by Crippen LogP contribution is -2.37. The number of carbonyl (C=O) groups excluding carboxylic acids is 2. The number of thioether (sulfide) groups is 1. The fourth-order valence-electron chi connectivity index (χ4n) is 3.92. The second-order valence-corrected chi connectivity index (χ2v) is 8.93. The first-order chi connectivity index (χ1) is 15.7. The minimum absolute atomic E-state index is 0.0468. The summed E-state index contributed by atoms with van der Waals surface area (Å²) in [4.78, 5) is 29.4. The molecular formula is C25H28N4O2S. The highest BCUT2D eigenvalue weighted by Crippen LogP contribution is 2.22. The summed E-state index contributed by atoms with van der Waals surface area (Å²) in [6, 6.07) is 17.6. The van der Waals surface area contributed by atoms with Gasteiger partial charge < -0.3 is 10.6 Å². The lowest BCUT2D eigenvalue weighted by atomic mass is 9.95. The monoisotopic (exact) mass is 448 g/mol. The van der Waals surface area contributed by atoms with Crippen molar-refractivity contribution < 1.29 is 9.59 Å². The van der Waals surface area contributed by atoms with Gasteiger partial charge in [-0.1, -0.05) is 67.4 Å². The predicted molar refractivity (Wildman–Crippen MR) is 127 cm³/mol. The minimum atomic E-state index is -0.128. The van der Waals surface area contributed by atoms with Gasteiger partial charge in [0.05, 0.1) is 5.75 Å². The molecule has 0 unspecified atom stereocenters.